The van der Waals surface area contributed by atoms with Crippen molar-refractivity contribution in [1.29, 1.82) is 0 Å². The second-order valence-electron chi connectivity index (χ2n) is 10.5. The van der Waals surface area contributed by atoms with E-state index in [4.69, 9.17) is 9.97 Å². The fourth-order valence-corrected chi connectivity index (χ4v) is 5.41. The van der Waals surface area contributed by atoms with Crippen LogP contribution in [0.3, 0.4) is 0 Å². The summed E-state index contributed by atoms with van der Waals surface area (Å²) in [5.74, 6) is 1.71. The quantitative estimate of drug-likeness (QED) is 0.343. The Kier molecular flexibility index (Phi) is 7.38. The third-order valence-corrected chi connectivity index (χ3v) is 7.57. The van der Waals surface area contributed by atoms with Gasteiger partial charge in [-0.1, -0.05) is 54.6 Å². The monoisotopic (exact) mass is 521 g/mol. The molecule has 4 aromatic rings. The molecule has 8 nitrogen and oxygen atoms in total. The van der Waals surface area contributed by atoms with Gasteiger partial charge in [-0.3, -0.25) is 4.90 Å². The number of nitrogens with zero attached hydrogens (tertiary/aromatic N) is 5. The molecule has 8 rings (SSSR count). The van der Waals surface area contributed by atoms with E-state index in [0.29, 0.717) is 19.6 Å². The molecule has 1 fully saturated rings. The molecule has 4 aliphatic rings. The van der Waals surface area contributed by atoms with Crippen LogP contribution in [-0.2, 0) is 13.1 Å². The third kappa shape index (κ3) is 5.87. The standard InChI is InChI=1S/C31H35N7O/c1-36-16-6-15-32-30-26-8-3-5-10-28(26)33-29(35-30)22-37-17-19-38(20-18-37)31(39)34-27-9-4-2-7-25(27)24-13-11-23(21-36)12-14-24/h2-5,7-14H,6,15-22H2,1H3,(H,34,39)(H,32,33,35). The van der Waals surface area contributed by atoms with Crippen LogP contribution in [0.25, 0.3) is 22.0 Å². The largest absolute Gasteiger partial charge is 0.369 e. The number of carbonyl (C=O) groups excluding carboxylic acids is 1. The van der Waals surface area contributed by atoms with Crippen LogP contribution in [0.1, 0.15) is 17.8 Å². The average Bonchev–Trinajstić information content (AvgIpc) is 2.96. The zero-order valence-corrected chi connectivity index (χ0v) is 22.4. The lowest BCUT2D eigenvalue weighted by Gasteiger charge is -2.34. The second kappa shape index (κ2) is 11.4. The maximum absolute atomic E-state index is 13.2. The maximum atomic E-state index is 13.2. The molecule has 2 amide bonds. The highest BCUT2D eigenvalue weighted by Gasteiger charge is 2.23. The number of nitrogens with one attached hydrogen (secondary N) is 2. The Bertz CT molecular complexity index is 1450. The molecule has 0 saturated carbocycles. The van der Waals surface area contributed by atoms with Crippen LogP contribution in [0.15, 0.2) is 72.8 Å². The maximum Gasteiger partial charge on any atom is 0.321 e. The van der Waals surface area contributed by atoms with E-state index in [9.17, 15) is 4.79 Å². The topological polar surface area (TPSA) is 76.6 Å². The number of carbonyl (C=O) groups is 1. The van der Waals surface area contributed by atoms with Crippen LogP contribution < -0.4 is 10.6 Å². The first-order valence-electron chi connectivity index (χ1n) is 13.8. The molecule has 3 aromatic carbocycles. The first-order valence-corrected chi connectivity index (χ1v) is 13.8. The lowest BCUT2D eigenvalue weighted by Crippen LogP contribution is -2.49. The molecule has 8 heteroatoms. The van der Waals surface area contributed by atoms with Gasteiger partial charge in [-0.05, 0) is 49.3 Å². The highest BCUT2D eigenvalue weighted by atomic mass is 16.2. The summed E-state index contributed by atoms with van der Waals surface area (Å²) < 4.78 is 0. The van der Waals surface area contributed by atoms with E-state index < -0.39 is 0 Å². The third-order valence-electron chi connectivity index (χ3n) is 7.57. The van der Waals surface area contributed by atoms with E-state index in [0.717, 1.165) is 78.5 Å². The van der Waals surface area contributed by atoms with Gasteiger partial charge in [0.15, 0.2) is 0 Å². The molecule has 1 saturated heterocycles. The van der Waals surface area contributed by atoms with Gasteiger partial charge in [0.2, 0.25) is 0 Å². The molecule has 5 heterocycles. The number of fused-ring (bicyclic) bond motifs is 3. The molecule has 200 valence electrons. The van der Waals surface area contributed by atoms with Gasteiger partial charge in [0, 0.05) is 50.2 Å². The molecule has 1 aromatic heterocycles. The fourth-order valence-electron chi connectivity index (χ4n) is 5.41. The number of urea groups is 1. The number of piperazine rings is 1. The number of benzene rings is 3. The van der Waals surface area contributed by atoms with Gasteiger partial charge >= 0.3 is 6.03 Å². The molecular weight excluding hydrogens is 486 g/mol. The molecule has 39 heavy (non-hydrogen) atoms. The summed E-state index contributed by atoms with van der Waals surface area (Å²) in [6.45, 7) is 6.24. The van der Waals surface area contributed by atoms with Crippen LogP contribution in [0.5, 0.6) is 0 Å². The molecule has 0 unspecified atom stereocenters. The minimum Gasteiger partial charge on any atom is -0.369 e. The Labute approximate surface area is 229 Å². The number of para-hydroxylation sites is 2. The summed E-state index contributed by atoms with van der Waals surface area (Å²) in [6.07, 6.45) is 1.01. The summed E-state index contributed by atoms with van der Waals surface area (Å²) in [5.41, 5.74) is 5.18. The summed E-state index contributed by atoms with van der Waals surface area (Å²) in [7, 11) is 2.16. The summed E-state index contributed by atoms with van der Waals surface area (Å²) >= 11 is 0. The van der Waals surface area contributed by atoms with Gasteiger partial charge in [0.1, 0.15) is 11.6 Å². The zero-order chi connectivity index (χ0) is 26.6. The van der Waals surface area contributed by atoms with Crippen LogP contribution in [-0.4, -0.2) is 77.0 Å². The molecule has 0 spiro atoms. The van der Waals surface area contributed by atoms with Crippen molar-refractivity contribution in [3.63, 3.8) is 0 Å². The highest BCUT2D eigenvalue weighted by Crippen LogP contribution is 2.29. The van der Waals surface area contributed by atoms with Crippen molar-refractivity contribution in [2.24, 2.45) is 0 Å². The second-order valence-corrected chi connectivity index (χ2v) is 10.5. The highest BCUT2D eigenvalue weighted by molar-refractivity contribution is 5.94. The van der Waals surface area contributed by atoms with Gasteiger partial charge in [-0.15, -0.1) is 0 Å². The van der Waals surface area contributed by atoms with Crippen molar-refractivity contribution in [3.8, 4) is 11.1 Å². The lowest BCUT2D eigenvalue weighted by atomic mass is 10.0. The number of rotatable bonds is 0. The van der Waals surface area contributed by atoms with Gasteiger partial charge in [0.05, 0.1) is 17.7 Å². The molecule has 0 aliphatic carbocycles. The van der Waals surface area contributed by atoms with Crippen molar-refractivity contribution in [2.75, 3.05) is 56.9 Å². The van der Waals surface area contributed by atoms with E-state index in [1.807, 2.05) is 35.2 Å². The van der Waals surface area contributed by atoms with E-state index in [-0.39, 0.29) is 6.03 Å². The van der Waals surface area contributed by atoms with Crippen molar-refractivity contribution in [1.82, 2.24) is 24.7 Å². The molecular formula is C31H35N7O. The number of hydrogen-bond acceptors (Lipinski definition) is 6. The van der Waals surface area contributed by atoms with E-state index in [1.54, 1.807) is 0 Å². The Hall–Kier alpha value is -4.01. The first-order chi connectivity index (χ1) is 19.1. The van der Waals surface area contributed by atoms with Crippen molar-refractivity contribution in [2.45, 2.75) is 19.5 Å². The Morgan fingerprint density at radius 2 is 1.56 bits per heavy atom. The average molecular weight is 522 g/mol. The van der Waals surface area contributed by atoms with Gasteiger partial charge in [-0.25, -0.2) is 14.8 Å². The van der Waals surface area contributed by atoms with Gasteiger partial charge in [0.25, 0.3) is 0 Å². The van der Waals surface area contributed by atoms with Crippen LogP contribution in [0.4, 0.5) is 16.3 Å². The summed E-state index contributed by atoms with van der Waals surface area (Å²) in [4.78, 5) is 29.6. The predicted molar refractivity (Wildman–Crippen MR) is 157 cm³/mol. The number of anilines is 2. The van der Waals surface area contributed by atoms with Gasteiger partial charge in [-0.2, -0.15) is 0 Å². The molecule has 6 bridgehead atoms. The normalized spacial score (nSPS) is 17.7. The minimum absolute atomic E-state index is 0.0593. The van der Waals surface area contributed by atoms with E-state index in [1.165, 1.54) is 5.56 Å². The molecule has 0 atom stereocenters. The zero-order valence-electron chi connectivity index (χ0n) is 22.4. The van der Waals surface area contributed by atoms with Crippen molar-refractivity contribution in [3.05, 3.63) is 84.2 Å². The van der Waals surface area contributed by atoms with E-state index in [2.05, 4.69) is 69.9 Å². The van der Waals surface area contributed by atoms with Crippen LogP contribution in [0.2, 0.25) is 0 Å². The smallest absolute Gasteiger partial charge is 0.321 e. The number of aromatic nitrogens is 2. The minimum atomic E-state index is -0.0593. The van der Waals surface area contributed by atoms with Crippen LogP contribution >= 0.6 is 0 Å². The fraction of sp³-hybridized carbons (Fsp3) is 0.323. The summed E-state index contributed by atoms with van der Waals surface area (Å²) in [6, 6.07) is 24.8. The first kappa shape index (κ1) is 25.3. The number of hydrogen-bond donors (Lipinski definition) is 2. The summed E-state index contributed by atoms with van der Waals surface area (Å²) in [5, 5.41) is 7.80. The van der Waals surface area contributed by atoms with Crippen molar-refractivity contribution < 1.29 is 4.79 Å². The van der Waals surface area contributed by atoms with E-state index >= 15 is 0 Å². The Morgan fingerprint density at radius 1 is 0.795 bits per heavy atom. The SMILES string of the molecule is CN1CCCNc2nc(nc3ccccc23)CN2CCN(CC2)C(=O)Nc2ccccc2-c2ccc(cc2)C1. The van der Waals surface area contributed by atoms with Crippen LogP contribution in [0, 0.1) is 0 Å². The molecule has 4 aliphatic heterocycles. The number of amides is 2. The predicted octanol–water partition coefficient (Wildman–Crippen LogP) is 4.89. The lowest BCUT2D eigenvalue weighted by molar-refractivity contribution is 0.141. The Morgan fingerprint density at radius 3 is 2.41 bits per heavy atom. The molecule has 0 radical (unpaired) electrons. The Balaban J connectivity index is 1.27. The van der Waals surface area contributed by atoms with Gasteiger partial charge < -0.3 is 20.4 Å². The molecule has 2 N–H and O–H groups in total. The van der Waals surface area contributed by atoms with Crippen molar-refractivity contribution >= 4 is 28.4 Å².